The molecule has 0 radical (unpaired) electrons. The van der Waals surface area contributed by atoms with Crippen LogP contribution in [-0.2, 0) is 0 Å². The van der Waals surface area contributed by atoms with E-state index in [1.807, 2.05) is 6.92 Å². The van der Waals surface area contributed by atoms with Gasteiger partial charge in [-0.25, -0.2) is 4.39 Å². The number of halogens is 2. The van der Waals surface area contributed by atoms with E-state index in [2.05, 4.69) is 21.2 Å². The van der Waals surface area contributed by atoms with Crippen LogP contribution in [0.2, 0.25) is 0 Å². The van der Waals surface area contributed by atoms with Gasteiger partial charge < -0.3 is 11.1 Å². The summed E-state index contributed by atoms with van der Waals surface area (Å²) in [5, 5.41) is 2.68. The van der Waals surface area contributed by atoms with Gasteiger partial charge in [-0.3, -0.25) is 4.79 Å². The second kappa shape index (κ2) is 5.96. The maximum atomic E-state index is 13.4. The molecule has 1 aromatic rings. The molecule has 0 fully saturated rings. The number of nitrogens with one attached hydrogen (secondary N) is 1. The highest BCUT2D eigenvalue weighted by molar-refractivity contribution is 9.10. The summed E-state index contributed by atoms with van der Waals surface area (Å²) < 4.78 is 13.9. The summed E-state index contributed by atoms with van der Waals surface area (Å²) in [5.41, 5.74) is 5.49. The van der Waals surface area contributed by atoms with Crippen molar-refractivity contribution in [3.05, 3.63) is 34.1 Å². The third-order valence-corrected chi connectivity index (χ3v) is 2.96. The molecule has 3 nitrogen and oxygen atoms in total. The fraction of sp³-hybridized carbons (Fsp3) is 0.364. The maximum Gasteiger partial charge on any atom is 0.255 e. The first-order valence-electron chi connectivity index (χ1n) is 5.05. The van der Waals surface area contributed by atoms with Gasteiger partial charge in [-0.2, -0.15) is 0 Å². The van der Waals surface area contributed by atoms with E-state index in [0.29, 0.717) is 17.4 Å². The normalized spacial score (nSPS) is 12.2. The number of hydrogen-bond acceptors (Lipinski definition) is 2. The fourth-order valence-electron chi connectivity index (χ4n) is 1.30. The van der Waals surface area contributed by atoms with E-state index in [0.717, 1.165) is 0 Å². The average Bonchev–Trinajstić information content (AvgIpc) is 2.25. The van der Waals surface area contributed by atoms with Gasteiger partial charge in [0.25, 0.3) is 5.91 Å². The van der Waals surface area contributed by atoms with Crippen LogP contribution in [0.15, 0.2) is 22.7 Å². The molecule has 0 saturated carbocycles. The SMILES string of the molecule is CCC(CN)NC(=O)c1c(F)cccc1Br. The van der Waals surface area contributed by atoms with Crippen LogP contribution < -0.4 is 11.1 Å². The second-order valence-corrected chi connectivity index (χ2v) is 4.27. The minimum Gasteiger partial charge on any atom is -0.348 e. The van der Waals surface area contributed by atoms with Crippen LogP contribution in [0.5, 0.6) is 0 Å². The van der Waals surface area contributed by atoms with Crippen molar-refractivity contribution in [1.82, 2.24) is 5.32 Å². The molecule has 1 atom stereocenters. The summed E-state index contributed by atoms with van der Waals surface area (Å²) in [6, 6.07) is 4.29. The van der Waals surface area contributed by atoms with Crippen molar-refractivity contribution in [2.75, 3.05) is 6.54 Å². The summed E-state index contributed by atoms with van der Waals surface area (Å²) in [4.78, 5) is 11.8. The molecule has 0 saturated heterocycles. The first-order valence-corrected chi connectivity index (χ1v) is 5.84. The second-order valence-electron chi connectivity index (χ2n) is 3.41. The van der Waals surface area contributed by atoms with Gasteiger partial charge in [-0.05, 0) is 34.5 Å². The smallest absolute Gasteiger partial charge is 0.255 e. The highest BCUT2D eigenvalue weighted by atomic mass is 79.9. The van der Waals surface area contributed by atoms with Crippen LogP contribution in [0.1, 0.15) is 23.7 Å². The van der Waals surface area contributed by atoms with Crippen molar-refractivity contribution in [2.24, 2.45) is 5.73 Å². The quantitative estimate of drug-likeness (QED) is 0.891. The Hall–Kier alpha value is -0.940. The Morgan fingerprint density at radius 2 is 2.31 bits per heavy atom. The molecule has 5 heteroatoms. The molecule has 1 amide bonds. The molecule has 1 rings (SSSR count). The number of amides is 1. The highest BCUT2D eigenvalue weighted by Crippen LogP contribution is 2.19. The third-order valence-electron chi connectivity index (χ3n) is 2.30. The minimum absolute atomic E-state index is 0.0226. The van der Waals surface area contributed by atoms with Gasteiger partial charge in [-0.15, -0.1) is 0 Å². The number of carbonyl (C=O) groups is 1. The van der Waals surface area contributed by atoms with E-state index < -0.39 is 11.7 Å². The topological polar surface area (TPSA) is 55.1 Å². The van der Waals surface area contributed by atoms with Gasteiger partial charge in [0.05, 0.1) is 5.56 Å². The van der Waals surface area contributed by atoms with E-state index in [4.69, 9.17) is 5.73 Å². The molecule has 0 aliphatic carbocycles. The number of benzene rings is 1. The van der Waals surface area contributed by atoms with E-state index >= 15 is 0 Å². The van der Waals surface area contributed by atoms with Crippen LogP contribution in [0.25, 0.3) is 0 Å². The first kappa shape index (κ1) is 13.1. The van der Waals surface area contributed by atoms with Crippen LogP contribution in [0, 0.1) is 5.82 Å². The number of nitrogens with two attached hydrogens (primary N) is 1. The van der Waals surface area contributed by atoms with Gasteiger partial charge in [0.2, 0.25) is 0 Å². The largest absolute Gasteiger partial charge is 0.348 e. The first-order chi connectivity index (χ1) is 7.60. The van der Waals surface area contributed by atoms with Crippen molar-refractivity contribution in [3.8, 4) is 0 Å². The monoisotopic (exact) mass is 288 g/mol. The molecule has 0 aromatic heterocycles. The third kappa shape index (κ3) is 3.02. The molecule has 16 heavy (non-hydrogen) atoms. The predicted molar refractivity (Wildman–Crippen MR) is 64.7 cm³/mol. The molecule has 0 bridgehead atoms. The molecule has 0 aliphatic heterocycles. The number of carbonyl (C=O) groups excluding carboxylic acids is 1. The Kier molecular flexibility index (Phi) is 4.89. The molecule has 1 aromatic carbocycles. The van der Waals surface area contributed by atoms with Crippen molar-refractivity contribution in [1.29, 1.82) is 0 Å². The fourth-order valence-corrected chi connectivity index (χ4v) is 1.82. The molecular weight excluding hydrogens is 275 g/mol. The Labute approximate surface area is 102 Å². The Morgan fingerprint density at radius 1 is 1.62 bits per heavy atom. The Morgan fingerprint density at radius 3 is 2.81 bits per heavy atom. The van der Waals surface area contributed by atoms with E-state index in [1.165, 1.54) is 12.1 Å². The van der Waals surface area contributed by atoms with E-state index in [-0.39, 0.29) is 11.6 Å². The van der Waals surface area contributed by atoms with Crippen molar-refractivity contribution >= 4 is 21.8 Å². The molecule has 0 aliphatic rings. The van der Waals surface area contributed by atoms with Gasteiger partial charge in [0.15, 0.2) is 0 Å². The molecule has 1 unspecified atom stereocenters. The van der Waals surface area contributed by atoms with Gasteiger partial charge in [0.1, 0.15) is 5.82 Å². The molecule has 88 valence electrons. The molecular formula is C11H14BrFN2O. The van der Waals surface area contributed by atoms with Crippen LogP contribution in [-0.4, -0.2) is 18.5 Å². The lowest BCUT2D eigenvalue weighted by molar-refractivity contribution is 0.0932. The number of hydrogen-bond donors (Lipinski definition) is 2. The van der Waals surface area contributed by atoms with Crippen molar-refractivity contribution in [2.45, 2.75) is 19.4 Å². The molecule has 3 N–H and O–H groups in total. The summed E-state index contributed by atoms with van der Waals surface area (Å²) in [7, 11) is 0. The van der Waals surface area contributed by atoms with Gasteiger partial charge in [-0.1, -0.05) is 13.0 Å². The van der Waals surface area contributed by atoms with Gasteiger partial charge >= 0.3 is 0 Å². The minimum atomic E-state index is -0.543. The van der Waals surface area contributed by atoms with Gasteiger partial charge in [0, 0.05) is 17.1 Å². The summed E-state index contributed by atoms with van der Waals surface area (Å²) >= 11 is 3.15. The predicted octanol–water partition coefficient (Wildman–Crippen LogP) is 2.06. The zero-order valence-electron chi connectivity index (χ0n) is 8.97. The lowest BCUT2D eigenvalue weighted by atomic mass is 10.1. The lowest BCUT2D eigenvalue weighted by Gasteiger charge is -2.15. The lowest BCUT2D eigenvalue weighted by Crippen LogP contribution is -2.40. The summed E-state index contributed by atoms with van der Waals surface area (Å²) in [5.74, 6) is -0.985. The Balaban J connectivity index is 2.88. The molecule has 0 spiro atoms. The van der Waals surface area contributed by atoms with Crippen LogP contribution in [0.4, 0.5) is 4.39 Å². The van der Waals surface area contributed by atoms with Crippen molar-refractivity contribution in [3.63, 3.8) is 0 Å². The van der Waals surface area contributed by atoms with Crippen molar-refractivity contribution < 1.29 is 9.18 Å². The Bertz CT molecular complexity index is 360. The molecule has 0 heterocycles. The van der Waals surface area contributed by atoms with E-state index in [9.17, 15) is 9.18 Å². The maximum absolute atomic E-state index is 13.4. The van der Waals surface area contributed by atoms with E-state index in [1.54, 1.807) is 6.07 Å². The summed E-state index contributed by atoms with van der Waals surface area (Å²) in [6.07, 6.45) is 0.717. The van der Waals surface area contributed by atoms with Crippen LogP contribution >= 0.6 is 15.9 Å². The van der Waals surface area contributed by atoms with Crippen LogP contribution in [0.3, 0.4) is 0 Å². The zero-order chi connectivity index (χ0) is 12.1. The standard InChI is InChI=1S/C11H14BrFN2O/c1-2-7(6-14)15-11(16)10-8(12)4-3-5-9(10)13/h3-5,7H,2,6,14H2,1H3,(H,15,16). The number of rotatable bonds is 4. The average molecular weight is 289 g/mol. The highest BCUT2D eigenvalue weighted by Gasteiger charge is 2.17. The summed E-state index contributed by atoms with van der Waals surface area (Å²) in [6.45, 7) is 2.25. The zero-order valence-corrected chi connectivity index (χ0v) is 10.6.